The van der Waals surface area contributed by atoms with Crippen LogP contribution < -0.4 is 5.56 Å². The Labute approximate surface area is 212 Å². The van der Waals surface area contributed by atoms with Crippen LogP contribution in [0.4, 0.5) is 0 Å². The van der Waals surface area contributed by atoms with Crippen molar-refractivity contribution in [1.82, 2.24) is 30.1 Å². The van der Waals surface area contributed by atoms with Crippen molar-refractivity contribution in [2.75, 3.05) is 0 Å². The summed E-state index contributed by atoms with van der Waals surface area (Å²) in [5.41, 5.74) is 5.18. The summed E-state index contributed by atoms with van der Waals surface area (Å²) in [5, 5.41) is 14.1. The van der Waals surface area contributed by atoms with Gasteiger partial charge in [-0.15, -0.1) is 5.10 Å². The van der Waals surface area contributed by atoms with Crippen LogP contribution in [0, 0.1) is 19.8 Å². The maximum Gasteiger partial charge on any atom is 0.252 e. The van der Waals surface area contributed by atoms with Gasteiger partial charge < -0.3 is 4.98 Å². The molecule has 2 aromatic carbocycles. The van der Waals surface area contributed by atoms with E-state index in [0.29, 0.717) is 19.1 Å². The number of tetrazole rings is 1. The second-order valence-electron chi connectivity index (χ2n) is 10.6. The molecule has 0 radical (unpaired) electrons. The lowest BCUT2D eigenvalue weighted by molar-refractivity contribution is 0.0844. The quantitative estimate of drug-likeness (QED) is 0.366. The molecule has 7 nitrogen and oxygen atoms in total. The zero-order valence-corrected chi connectivity index (χ0v) is 21.7. The monoisotopic (exact) mass is 484 g/mol. The van der Waals surface area contributed by atoms with E-state index in [1.165, 1.54) is 18.4 Å². The van der Waals surface area contributed by atoms with Gasteiger partial charge in [-0.2, -0.15) is 0 Å². The number of hydrogen-bond donors (Lipinski definition) is 1. The van der Waals surface area contributed by atoms with Crippen molar-refractivity contribution in [2.45, 2.75) is 78.6 Å². The second-order valence-corrected chi connectivity index (χ2v) is 10.6. The van der Waals surface area contributed by atoms with Crippen LogP contribution in [0.1, 0.15) is 73.7 Å². The van der Waals surface area contributed by atoms with Crippen LogP contribution in [0.5, 0.6) is 0 Å². The minimum Gasteiger partial charge on any atom is -0.321 e. The third kappa shape index (κ3) is 4.98. The highest BCUT2D eigenvalue weighted by molar-refractivity contribution is 5.82. The van der Waals surface area contributed by atoms with Crippen molar-refractivity contribution in [1.29, 1.82) is 0 Å². The van der Waals surface area contributed by atoms with Crippen LogP contribution in [0.3, 0.4) is 0 Å². The maximum atomic E-state index is 13.3. The number of aromatic amines is 1. The lowest BCUT2D eigenvalue weighted by Gasteiger charge is -2.38. The predicted molar refractivity (Wildman–Crippen MR) is 143 cm³/mol. The average molecular weight is 485 g/mol. The Balaban J connectivity index is 1.54. The van der Waals surface area contributed by atoms with Crippen molar-refractivity contribution >= 4 is 10.9 Å². The molecule has 0 aliphatic heterocycles. The molecule has 0 spiro atoms. The summed E-state index contributed by atoms with van der Waals surface area (Å²) >= 11 is 0. The van der Waals surface area contributed by atoms with Crippen LogP contribution in [-0.2, 0) is 13.1 Å². The molecule has 1 fully saturated rings. The van der Waals surface area contributed by atoms with Gasteiger partial charge in [0.05, 0.1) is 18.1 Å². The van der Waals surface area contributed by atoms with Gasteiger partial charge in [0.1, 0.15) is 0 Å². The summed E-state index contributed by atoms with van der Waals surface area (Å²) in [6.45, 7) is 9.81. The number of benzene rings is 2. The summed E-state index contributed by atoms with van der Waals surface area (Å²) in [7, 11) is 0. The highest BCUT2D eigenvalue weighted by atomic mass is 16.1. The molecule has 0 saturated heterocycles. The van der Waals surface area contributed by atoms with Crippen molar-refractivity contribution in [3.8, 4) is 0 Å². The molecule has 1 N–H and O–H groups in total. The summed E-state index contributed by atoms with van der Waals surface area (Å²) in [5.74, 6) is 1.14. The fraction of sp³-hybridized carbons (Fsp3) is 0.448. The molecule has 4 aromatic rings. The number of nitrogens with one attached hydrogen (secondary N) is 1. The molecule has 1 atom stereocenters. The van der Waals surface area contributed by atoms with E-state index in [1.807, 2.05) is 22.9 Å². The van der Waals surface area contributed by atoms with Gasteiger partial charge >= 0.3 is 0 Å². The summed E-state index contributed by atoms with van der Waals surface area (Å²) in [6.07, 6.45) is 4.70. The molecular formula is C29H36N6O. The topological polar surface area (TPSA) is 79.7 Å². The highest BCUT2D eigenvalue weighted by Gasteiger charge is 2.35. The number of H-pyrrole nitrogens is 1. The number of aryl methyl sites for hydroxylation is 2. The first kappa shape index (κ1) is 24.4. The number of hydrogen-bond acceptors (Lipinski definition) is 5. The van der Waals surface area contributed by atoms with Gasteiger partial charge in [0.25, 0.3) is 5.56 Å². The maximum absolute atomic E-state index is 13.3. The van der Waals surface area contributed by atoms with Gasteiger partial charge in [-0.25, -0.2) is 4.68 Å². The van der Waals surface area contributed by atoms with Gasteiger partial charge in [0.2, 0.25) is 0 Å². The first-order valence-corrected chi connectivity index (χ1v) is 13.1. The smallest absolute Gasteiger partial charge is 0.252 e. The van der Waals surface area contributed by atoms with E-state index in [-0.39, 0.29) is 17.5 Å². The minimum atomic E-state index is -0.0103. The fourth-order valence-corrected chi connectivity index (χ4v) is 5.86. The molecule has 2 aromatic heterocycles. The molecule has 36 heavy (non-hydrogen) atoms. The van der Waals surface area contributed by atoms with Crippen molar-refractivity contribution in [2.24, 2.45) is 5.92 Å². The summed E-state index contributed by atoms with van der Waals surface area (Å²) in [4.78, 5) is 19.0. The van der Waals surface area contributed by atoms with Gasteiger partial charge in [0.15, 0.2) is 5.82 Å². The van der Waals surface area contributed by atoms with E-state index >= 15 is 0 Å². The van der Waals surface area contributed by atoms with E-state index in [2.05, 4.69) is 83.4 Å². The Morgan fingerprint density at radius 3 is 2.56 bits per heavy atom. The van der Waals surface area contributed by atoms with Crippen LogP contribution in [0.15, 0.2) is 53.3 Å². The summed E-state index contributed by atoms with van der Waals surface area (Å²) in [6, 6.07) is 17.1. The molecule has 0 bridgehead atoms. The van der Waals surface area contributed by atoms with Crippen LogP contribution in [-0.4, -0.2) is 36.1 Å². The van der Waals surface area contributed by atoms with E-state index < -0.39 is 0 Å². The van der Waals surface area contributed by atoms with E-state index in [1.54, 1.807) is 0 Å². The number of fused-ring (bicyclic) bond motifs is 1. The van der Waals surface area contributed by atoms with Gasteiger partial charge in [-0.3, -0.25) is 9.69 Å². The Hall–Kier alpha value is -3.32. The third-order valence-electron chi connectivity index (χ3n) is 7.50. The van der Waals surface area contributed by atoms with Crippen molar-refractivity contribution in [3.63, 3.8) is 0 Å². The fourth-order valence-electron chi connectivity index (χ4n) is 5.86. The molecule has 188 valence electrons. The molecular weight excluding hydrogens is 448 g/mol. The molecule has 5 rings (SSSR count). The zero-order chi connectivity index (χ0) is 25.2. The zero-order valence-electron chi connectivity index (χ0n) is 21.7. The van der Waals surface area contributed by atoms with Gasteiger partial charge in [0, 0.05) is 18.2 Å². The second kappa shape index (κ2) is 10.3. The summed E-state index contributed by atoms with van der Waals surface area (Å²) < 4.78 is 1.93. The number of nitrogens with zero attached hydrogens (tertiary/aromatic N) is 5. The Morgan fingerprint density at radius 1 is 1.08 bits per heavy atom. The molecule has 2 heterocycles. The predicted octanol–water partition coefficient (Wildman–Crippen LogP) is 5.32. The van der Waals surface area contributed by atoms with Crippen molar-refractivity contribution in [3.05, 3.63) is 87.0 Å². The molecule has 1 aliphatic rings. The average Bonchev–Trinajstić information content (AvgIpc) is 3.53. The standard InChI is InChI=1S/C29H36N6O/c1-19(2)27(28-31-32-33-35(28)17-22-10-6-5-7-11-22)34(25-12-8-9-13-25)18-24-16-23-15-20(3)14-21(4)26(23)30-29(24)36/h5-7,10-11,14-16,19,25,27H,8-9,12-13,17-18H2,1-4H3,(H,30,36)/t27-/m1/s1. The lowest BCUT2D eigenvalue weighted by atomic mass is 9.97. The molecule has 7 heteroatoms. The minimum absolute atomic E-state index is 0.00107. The van der Waals surface area contributed by atoms with Crippen LogP contribution in [0.2, 0.25) is 0 Å². The first-order valence-electron chi connectivity index (χ1n) is 13.1. The SMILES string of the molecule is Cc1cc(C)c2[nH]c(=O)c(CN(C3CCCC3)[C@@H](c3nnnn3Cc3ccccc3)C(C)C)cc2c1. The number of pyridine rings is 1. The van der Waals surface area contributed by atoms with E-state index in [9.17, 15) is 4.79 Å². The Bertz CT molecular complexity index is 1380. The Kier molecular flexibility index (Phi) is 7.01. The van der Waals surface area contributed by atoms with Crippen molar-refractivity contribution < 1.29 is 0 Å². The third-order valence-corrected chi connectivity index (χ3v) is 7.50. The Morgan fingerprint density at radius 2 is 1.83 bits per heavy atom. The molecule has 1 aliphatic carbocycles. The van der Waals surface area contributed by atoms with Crippen LogP contribution >= 0.6 is 0 Å². The normalized spacial score (nSPS) is 15.4. The van der Waals surface area contributed by atoms with E-state index in [0.717, 1.165) is 46.3 Å². The molecule has 0 unspecified atom stereocenters. The van der Waals surface area contributed by atoms with E-state index in [4.69, 9.17) is 0 Å². The van der Waals surface area contributed by atoms with Crippen LogP contribution in [0.25, 0.3) is 10.9 Å². The lowest BCUT2D eigenvalue weighted by Crippen LogP contribution is -2.41. The highest BCUT2D eigenvalue weighted by Crippen LogP contribution is 2.36. The molecule has 0 amide bonds. The van der Waals surface area contributed by atoms with Gasteiger partial charge in [-0.05, 0) is 71.7 Å². The first-order chi connectivity index (χ1) is 17.4. The van der Waals surface area contributed by atoms with Gasteiger partial charge in [-0.1, -0.05) is 68.7 Å². The number of aromatic nitrogens is 5. The largest absolute Gasteiger partial charge is 0.321 e. The number of rotatable bonds is 8. The molecule has 1 saturated carbocycles.